The maximum absolute atomic E-state index is 10.8. The summed E-state index contributed by atoms with van der Waals surface area (Å²) in [5.41, 5.74) is 6.39. The van der Waals surface area contributed by atoms with Crippen LogP contribution in [-0.4, -0.2) is 23.5 Å². The third-order valence-corrected chi connectivity index (χ3v) is 2.18. The second-order valence-corrected chi connectivity index (χ2v) is 3.61. The van der Waals surface area contributed by atoms with Crippen LogP contribution < -0.4 is 11.1 Å². The molecule has 4 N–H and O–H groups in total. The Morgan fingerprint density at radius 3 is 2.78 bits per heavy atom. The highest BCUT2D eigenvalue weighted by Gasteiger charge is 2.09. The lowest BCUT2D eigenvalue weighted by Crippen LogP contribution is -2.20. The fraction of sp³-hybridized carbons (Fsp3) is 0.231. The molecule has 18 heavy (non-hydrogen) atoms. The summed E-state index contributed by atoms with van der Waals surface area (Å²) in [5, 5.41) is 11.5. The number of nitrogens with two attached hydrogens (primary N) is 1. The smallest absolute Gasteiger partial charge is 0.337 e. The Kier molecular flexibility index (Phi) is 4.76. The van der Waals surface area contributed by atoms with Gasteiger partial charge in [-0.1, -0.05) is 17.9 Å². The highest BCUT2D eigenvalue weighted by Crippen LogP contribution is 2.16. The monoisotopic (exact) mass is 246 g/mol. The van der Waals surface area contributed by atoms with Crippen molar-refractivity contribution in [3.8, 4) is 11.8 Å². The molecule has 1 aromatic carbocycles. The molecule has 0 atom stereocenters. The van der Waals surface area contributed by atoms with E-state index in [0.29, 0.717) is 18.5 Å². The van der Waals surface area contributed by atoms with Crippen molar-refractivity contribution in [2.75, 3.05) is 12.3 Å². The highest BCUT2D eigenvalue weighted by atomic mass is 16.4. The summed E-state index contributed by atoms with van der Waals surface area (Å²) in [6.45, 7) is 1.89. The van der Waals surface area contributed by atoms with Gasteiger partial charge in [0.15, 0.2) is 0 Å². The fourth-order valence-corrected chi connectivity index (χ4v) is 1.32. The summed E-state index contributed by atoms with van der Waals surface area (Å²) in [7, 11) is 0. The summed E-state index contributed by atoms with van der Waals surface area (Å²) >= 11 is 0. The summed E-state index contributed by atoms with van der Waals surface area (Å²) in [4.78, 5) is 21.5. The van der Waals surface area contributed by atoms with Crippen molar-refractivity contribution in [1.82, 2.24) is 5.32 Å². The Hall–Kier alpha value is -2.48. The molecule has 0 fully saturated rings. The molecular weight excluding hydrogens is 232 g/mol. The second kappa shape index (κ2) is 6.30. The number of carboxylic acids is 1. The molecule has 0 aliphatic rings. The van der Waals surface area contributed by atoms with E-state index >= 15 is 0 Å². The number of nitrogens with one attached hydrogen (secondary N) is 1. The average Bonchev–Trinajstić information content (AvgIpc) is 2.30. The summed E-state index contributed by atoms with van der Waals surface area (Å²) in [5.74, 6) is 4.44. The molecule has 0 bridgehead atoms. The van der Waals surface area contributed by atoms with E-state index < -0.39 is 5.97 Å². The molecule has 0 spiro atoms. The molecule has 1 amide bonds. The third kappa shape index (κ3) is 3.83. The quantitative estimate of drug-likeness (QED) is 0.418. The summed E-state index contributed by atoms with van der Waals surface area (Å²) in [6, 6.07) is 4.69. The maximum atomic E-state index is 10.8. The Balaban J connectivity index is 2.74. The Morgan fingerprint density at radius 1 is 1.44 bits per heavy atom. The molecule has 1 rings (SSSR count). The molecule has 94 valence electrons. The average molecular weight is 246 g/mol. The number of benzene rings is 1. The van der Waals surface area contributed by atoms with Crippen LogP contribution in [0.4, 0.5) is 5.69 Å². The van der Waals surface area contributed by atoms with Gasteiger partial charge in [0.2, 0.25) is 5.91 Å². The zero-order valence-electron chi connectivity index (χ0n) is 9.99. The minimum atomic E-state index is -1.07. The number of aromatic carboxylic acids is 1. The zero-order valence-corrected chi connectivity index (χ0v) is 9.99. The van der Waals surface area contributed by atoms with Crippen LogP contribution in [0.1, 0.15) is 29.3 Å². The van der Waals surface area contributed by atoms with Crippen LogP contribution in [0, 0.1) is 11.8 Å². The number of para-hydroxylation sites is 1. The van der Waals surface area contributed by atoms with Crippen molar-refractivity contribution in [2.24, 2.45) is 0 Å². The van der Waals surface area contributed by atoms with Crippen molar-refractivity contribution < 1.29 is 14.7 Å². The third-order valence-electron chi connectivity index (χ3n) is 2.18. The predicted octanol–water partition coefficient (Wildman–Crippen LogP) is 0.845. The van der Waals surface area contributed by atoms with Gasteiger partial charge in [0.25, 0.3) is 0 Å². The van der Waals surface area contributed by atoms with Gasteiger partial charge in [-0.15, -0.1) is 0 Å². The molecule has 0 unspecified atom stereocenters. The standard InChI is InChI=1S/C13H14N2O3/c1-9(16)15-8-3-2-5-10-6-4-7-11(12(10)14)13(17)18/h4,6-7H,3,8,14H2,1H3,(H,15,16)(H,17,18). The molecule has 0 saturated carbocycles. The maximum Gasteiger partial charge on any atom is 0.337 e. The first kappa shape index (κ1) is 13.6. The molecule has 0 aliphatic heterocycles. The number of amides is 1. The predicted molar refractivity (Wildman–Crippen MR) is 68.0 cm³/mol. The molecule has 0 aromatic heterocycles. The number of anilines is 1. The van der Waals surface area contributed by atoms with Crippen LogP contribution in [0.15, 0.2) is 18.2 Å². The first-order valence-corrected chi connectivity index (χ1v) is 5.37. The fourth-order valence-electron chi connectivity index (χ4n) is 1.32. The second-order valence-electron chi connectivity index (χ2n) is 3.61. The number of carbonyl (C=O) groups is 2. The molecule has 0 radical (unpaired) electrons. The highest BCUT2D eigenvalue weighted by molar-refractivity contribution is 5.95. The Bertz CT molecular complexity index is 527. The van der Waals surface area contributed by atoms with E-state index in [-0.39, 0.29) is 17.2 Å². The number of hydrogen-bond donors (Lipinski definition) is 3. The van der Waals surface area contributed by atoms with Gasteiger partial charge in [0.05, 0.1) is 11.3 Å². The van der Waals surface area contributed by atoms with Gasteiger partial charge < -0.3 is 16.2 Å². The molecular formula is C13H14N2O3. The molecule has 0 saturated heterocycles. The van der Waals surface area contributed by atoms with Crippen LogP contribution in [0.25, 0.3) is 0 Å². The lowest BCUT2D eigenvalue weighted by atomic mass is 10.1. The van der Waals surface area contributed by atoms with E-state index in [2.05, 4.69) is 17.2 Å². The van der Waals surface area contributed by atoms with Crippen LogP contribution >= 0.6 is 0 Å². The van der Waals surface area contributed by atoms with Gasteiger partial charge in [0, 0.05) is 25.5 Å². The number of rotatable bonds is 3. The largest absolute Gasteiger partial charge is 0.478 e. The van der Waals surface area contributed by atoms with Crippen LogP contribution in [0.5, 0.6) is 0 Å². The topological polar surface area (TPSA) is 92.4 Å². The number of hydrogen-bond acceptors (Lipinski definition) is 3. The van der Waals surface area contributed by atoms with Gasteiger partial charge >= 0.3 is 5.97 Å². The van der Waals surface area contributed by atoms with E-state index in [1.54, 1.807) is 12.1 Å². The molecule has 0 aliphatic carbocycles. The molecule has 0 heterocycles. The van der Waals surface area contributed by atoms with Crippen LogP contribution in [0.3, 0.4) is 0 Å². The Morgan fingerprint density at radius 2 is 2.17 bits per heavy atom. The molecule has 5 nitrogen and oxygen atoms in total. The van der Waals surface area contributed by atoms with E-state index in [1.807, 2.05) is 0 Å². The lowest BCUT2D eigenvalue weighted by molar-refractivity contribution is -0.118. The van der Waals surface area contributed by atoms with Crippen molar-refractivity contribution in [1.29, 1.82) is 0 Å². The van der Waals surface area contributed by atoms with Gasteiger partial charge in [-0.3, -0.25) is 4.79 Å². The Labute approximate surface area is 105 Å². The molecule has 5 heteroatoms. The lowest BCUT2D eigenvalue weighted by Gasteiger charge is -2.02. The SMILES string of the molecule is CC(=O)NCCC#Cc1cccc(C(=O)O)c1N. The first-order valence-electron chi connectivity index (χ1n) is 5.37. The molecule has 1 aromatic rings. The van der Waals surface area contributed by atoms with E-state index in [1.165, 1.54) is 13.0 Å². The minimum absolute atomic E-state index is 0.0451. The minimum Gasteiger partial charge on any atom is -0.478 e. The van der Waals surface area contributed by atoms with Crippen LogP contribution in [0.2, 0.25) is 0 Å². The van der Waals surface area contributed by atoms with Crippen LogP contribution in [-0.2, 0) is 4.79 Å². The van der Waals surface area contributed by atoms with Gasteiger partial charge in [-0.05, 0) is 12.1 Å². The summed E-state index contributed by atoms with van der Waals surface area (Å²) < 4.78 is 0. The summed E-state index contributed by atoms with van der Waals surface area (Å²) in [6.07, 6.45) is 0.482. The number of carbonyl (C=O) groups excluding carboxylic acids is 1. The van der Waals surface area contributed by atoms with Crippen molar-refractivity contribution >= 4 is 17.6 Å². The van der Waals surface area contributed by atoms with Gasteiger partial charge in [0.1, 0.15) is 0 Å². The zero-order chi connectivity index (χ0) is 13.5. The van der Waals surface area contributed by atoms with Gasteiger partial charge in [-0.25, -0.2) is 4.79 Å². The van der Waals surface area contributed by atoms with Crippen molar-refractivity contribution in [2.45, 2.75) is 13.3 Å². The van der Waals surface area contributed by atoms with Crippen molar-refractivity contribution in [3.63, 3.8) is 0 Å². The van der Waals surface area contributed by atoms with E-state index in [4.69, 9.17) is 10.8 Å². The normalized spacial score (nSPS) is 9.17. The first-order chi connectivity index (χ1) is 8.52. The van der Waals surface area contributed by atoms with E-state index in [9.17, 15) is 9.59 Å². The number of carboxylic acid groups (broad SMARTS) is 1. The van der Waals surface area contributed by atoms with E-state index in [0.717, 1.165) is 0 Å². The number of nitrogen functional groups attached to an aromatic ring is 1. The van der Waals surface area contributed by atoms with Crippen molar-refractivity contribution in [3.05, 3.63) is 29.3 Å². The van der Waals surface area contributed by atoms with Gasteiger partial charge in [-0.2, -0.15) is 0 Å².